The van der Waals surface area contributed by atoms with E-state index in [9.17, 15) is 0 Å². The molecule has 0 bridgehead atoms. The van der Waals surface area contributed by atoms with E-state index < -0.39 is 0 Å². The highest BCUT2D eigenvalue weighted by atomic mass is 14.8. The van der Waals surface area contributed by atoms with E-state index in [2.05, 4.69) is 16.0 Å². The Hall–Kier alpha value is -1.95. The Balaban J connectivity index is 2.75. The molecular weight excluding hydrogens is 162 g/mol. The molecule has 13 heavy (non-hydrogen) atoms. The number of nitriles is 1. The van der Waals surface area contributed by atoms with Crippen molar-refractivity contribution in [2.45, 2.75) is 6.92 Å². The molecule has 2 rings (SSSR count). The van der Waals surface area contributed by atoms with Crippen molar-refractivity contribution in [1.29, 1.82) is 5.26 Å². The maximum absolute atomic E-state index is 8.65. The summed E-state index contributed by atoms with van der Waals surface area (Å²) < 4.78 is 0. The number of hydrogen-bond donors (Lipinski definition) is 0. The van der Waals surface area contributed by atoms with E-state index >= 15 is 0 Å². The lowest BCUT2D eigenvalue weighted by atomic mass is 10.2. The second kappa shape index (κ2) is 2.83. The van der Waals surface area contributed by atoms with Crippen LogP contribution in [0.5, 0.6) is 0 Å². The molecule has 3 heteroatoms. The summed E-state index contributed by atoms with van der Waals surface area (Å²) in [6, 6.07) is 7.36. The third-order valence-corrected chi connectivity index (χ3v) is 1.79. The molecule has 2 aromatic rings. The Morgan fingerprint density at radius 2 is 2.15 bits per heavy atom. The van der Waals surface area contributed by atoms with Crippen molar-refractivity contribution in [3.05, 3.63) is 35.7 Å². The van der Waals surface area contributed by atoms with Gasteiger partial charge in [-0.15, -0.1) is 0 Å². The van der Waals surface area contributed by atoms with Crippen molar-refractivity contribution in [1.82, 2.24) is 9.97 Å². The predicted octanol–water partition coefficient (Wildman–Crippen LogP) is 1.81. The van der Waals surface area contributed by atoms with Crippen LogP contribution in [-0.4, -0.2) is 9.97 Å². The Bertz CT molecular complexity index is 497. The number of fused-ring (bicyclic) bond motifs is 1. The molecule has 0 amide bonds. The Morgan fingerprint density at radius 1 is 1.31 bits per heavy atom. The largest absolute Gasteiger partial charge is 0.253 e. The molecular formula is C10H7N3. The zero-order valence-electron chi connectivity index (χ0n) is 7.15. The van der Waals surface area contributed by atoms with Crippen LogP contribution < -0.4 is 0 Å². The third-order valence-electron chi connectivity index (χ3n) is 1.79. The third kappa shape index (κ3) is 1.34. The van der Waals surface area contributed by atoms with Crippen LogP contribution in [-0.2, 0) is 0 Å². The second-order valence-electron chi connectivity index (χ2n) is 2.83. The number of nitrogens with zero attached hydrogens (tertiary/aromatic N) is 3. The second-order valence-corrected chi connectivity index (χ2v) is 2.83. The van der Waals surface area contributed by atoms with E-state index in [0.29, 0.717) is 5.56 Å². The van der Waals surface area contributed by atoms with Crippen LogP contribution in [0.15, 0.2) is 24.4 Å². The molecule has 3 nitrogen and oxygen atoms in total. The monoisotopic (exact) mass is 169 g/mol. The maximum atomic E-state index is 8.65. The van der Waals surface area contributed by atoms with Gasteiger partial charge in [0.1, 0.15) is 0 Å². The fraction of sp³-hybridized carbons (Fsp3) is 0.100. The first kappa shape index (κ1) is 7.69. The minimum Gasteiger partial charge on any atom is -0.253 e. The molecule has 0 radical (unpaired) electrons. The molecule has 0 aliphatic heterocycles. The summed E-state index contributed by atoms with van der Waals surface area (Å²) in [5.74, 6) is 0. The average Bonchev–Trinajstić information content (AvgIpc) is 2.17. The maximum Gasteiger partial charge on any atom is 0.0992 e. The van der Waals surface area contributed by atoms with Crippen molar-refractivity contribution in [3.63, 3.8) is 0 Å². The van der Waals surface area contributed by atoms with Crippen LogP contribution in [0, 0.1) is 18.3 Å². The lowest BCUT2D eigenvalue weighted by Gasteiger charge is -1.97. The summed E-state index contributed by atoms with van der Waals surface area (Å²) in [7, 11) is 0. The Labute approximate surface area is 75.7 Å². The normalized spacial score (nSPS) is 9.85. The topological polar surface area (TPSA) is 49.6 Å². The average molecular weight is 169 g/mol. The van der Waals surface area contributed by atoms with Crippen molar-refractivity contribution in [2.24, 2.45) is 0 Å². The predicted molar refractivity (Wildman–Crippen MR) is 49.0 cm³/mol. The molecule has 1 aromatic carbocycles. The number of aryl methyl sites for hydroxylation is 1. The summed E-state index contributed by atoms with van der Waals surface area (Å²) in [5, 5.41) is 8.65. The van der Waals surface area contributed by atoms with E-state index in [-0.39, 0.29) is 0 Å². The minimum atomic E-state index is 0.616. The van der Waals surface area contributed by atoms with Gasteiger partial charge in [0.05, 0.1) is 28.4 Å². The smallest absolute Gasteiger partial charge is 0.0992 e. The molecule has 0 aliphatic rings. The van der Waals surface area contributed by atoms with E-state index in [4.69, 9.17) is 5.26 Å². The summed E-state index contributed by atoms with van der Waals surface area (Å²) >= 11 is 0. The SMILES string of the molecule is Cc1cnc2cc(C#N)ccc2n1. The van der Waals surface area contributed by atoms with Gasteiger partial charge in [-0.3, -0.25) is 4.98 Å². The molecule has 0 saturated heterocycles. The van der Waals surface area contributed by atoms with Crippen molar-refractivity contribution >= 4 is 11.0 Å². The molecule has 1 heterocycles. The van der Waals surface area contributed by atoms with Crippen LogP contribution >= 0.6 is 0 Å². The minimum absolute atomic E-state index is 0.616. The molecule has 62 valence electrons. The van der Waals surface area contributed by atoms with E-state index in [1.54, 1.807) is 18.3 Å². The van der Waals surface area contributed by atoms with Crippen LogP contribution in [0.25, 0.3) is 11.0 Å². The van der Waals surface area contributed by atoms with E-state index in [1.165, 1.54) is 0 Å². The molecule has 0 aliphatic carbocycles. The van der Waals surface area contributed by atoms with Gasteiger partial charge in [-0.1, -0.05) is 0 Å². The molecule has 0 fully saturated rings. The standard InChI is InChI=1S/C10H7N3/c1-7-6-12-10-4-8(5-11)2-3-9(10)13-7/h2-4,6H,1H3. The quantitative estimate of drug-likeness (QED) is 0.604. The van der Waals surface area contributed by atoms with Gasteiger partial charge in [0.25, 0.3) is 0 Å². The summed E-state index contributed by atoms with van der Waals surface area (Å²) in [6.07, 6.45) is 1.70. The van der Waals surface area contributed by atoms with Crippen molar-refractivity contribution in [3.8, 4) is 6.07 Å². The van der Waals surface area contributed by atoms with Crippen LogP contribution in [0.1, 0.15) is 11.3 Å². The van der Waals surface area contributed by atoms with E-state index in [1.807, 2.05) is 13.0 Å². The summed E-state index contributed by atoms with van der Waals surface area (Å²) in [6.45, 7) is 1.89. The lowest BCUT2D eigenvalue weighted by molar-refractivity contribution is 1.18. The van der Waals surface area contributed by atoms with Crippen LogP contribution in [0.4, 0.5) is 0 Å². The Morgan fingerprint density at radius 3 is 2.92 bits per heavy atom. The molecule has 0 spiro atoms. The van der Waals surface area contributed by atoms with Gasteiger partial charge in [-0.2, -0.15) is 5.26 Å². The first-order valence-electron chi connectivity index (χ1n) is 3.93. The number of hydrogen-bond acceptors (Lipinski definition) is 3. The molecule has 1 aromatic heterocycles. The first-order chi connectivity index (χ1) is 6.29. The van der Waals surface area contributed by atoms with E-state index in [0.717, 1.165) is 16.7 Å². The van der Waals surface area contributed by atoms with Gasteiger partial charge >= 0.3 is 0 Å². The van der Waals surface area contributed by atoms with Gasteiger partial charge in [-0.25, -0.2) is 4.98 Å². The number of aromatic nitrogens is 2. The van der Waals surface area contributed by atoms with Gasteiger partial charge < -0.3 is 0 Å². The van der Waals surface area contributed by atoms with Gasteiger partial charge in [-0.05, 0) is 25.1 Å². The lowest BCUT2D eigenvalue weighted by Crippen LogP contribution is -1.87. The van der Waals surface area contributed by atoms with Crippen LogP contribution in [0.3, 0.4) is 0 Å². The van der Waals surface area contributed by atoms with Gasteiger partial charge in [0.2, 0.25) is 0 Å². The zero-order valence-corrected chi connectivity index (χ0v) is 7.15. The number of benzene rings is 1. The highest BCUT2D eigenvalue weighted by molar-refractivity contribution is 5.75. The molecule has 0 atom stereocenters. The van der Waals surface area contributed by atoms with Crippen molar-refractivity contribution < 1.29 is 0 Å². The first-order valence-corrected chi connectivity index (χ1v) is 3.93. The Kier molecular flexibility index (Phi) is 1.67. The van der Waals surface area contributed by atoms with Crippen molar-refractivity contribution in [2.75, 3.05) is 0 Å². The molecule has 0 N–H and O–H groups in total. The van der Waals surface area contributed by atoms with Crippen LogP contribution in [0.2, 0.25) is 0 Å². The summed E-state index contributed by atoms with van der Waals surface area (Å²) in [5.41, 5.74) is 3.10. The molecule has 0 saturated carbocycles. The fourth-order valence-corrected chi connectivity index (χ4v) is 1.17. The summed E-state index contributed by atoms with van der Waals surface area (Å²) in [4.78, 5) is 8.45. The van der Waals surface area contributed by atoms with Gasteiger partial charge in [0, 0.05) is 6.20 Å². The highest BCUT2D eigenvalue weighted by Gasteiger charge is 1.97. The molecule has 0 unspecified atom stereocenters. The van der Waals surface area contributed by atoms with Gasteiger partial charge in [0.15, 0.2) is 0 Å². The fourth-order valence-electron chi connectivity index (χ4n) is 1.17. The highest BCUT2D eigenvalue weighted by Crippen LogP contribution is 2.10. The number of rotatable bonds is 0. The zero-order chi connectivity index (χ0) is 9.26.